The summed E-state index contributed by atoms with van der Waals surface area (Å²) in [6.07, 6.45) is 0.362. The maximum atomic E-state index is 13.5. The number of carboxylic acids is 1. The zero-order valence-corrected chi connectivity index (χ0v) is 24.3. The highest BCUT2D eigenvalue weighted by Crippen LogP contribution is 2.35. The molecular formula is C28H36FN3O7S. The van der Waals surface area contributed by atoms with Crippen molar-refractivity contribution in [3.63, 3.8) is 0 Å². The van der Waals surface area contributed by atoms with Gasteiger partial charge < -0.3 is 25.8 Å². The van der Waals surface area contributed by atoms with Crippen LogP contribution in [0.5, 0.6) is 0 Å². The zero-order chi connectivity index (χ0) is 31.2. The number of methoxy groups -OCH3 is 1. The van der Waals surface area contributed by atoms with Crippen LogP contribution in [0.2, 0.25) is 1.41 Å². The molecule has 0 aliphatic rings. The van der Waals surface area contributed by atoms with Crippen LogP contribution in [0, 0.1) is 24.6 Å². The van der Waals surface area contributed by atoms with Crippen LogP contribution in [-0.4, -0.2) is 54.0 Å². The van der Waals surface area contributed by atoms with Crippen LogP contribution in [0.1, 0.15) is 78.1 Å². The van der Waals surface area contributed by atoms with E-state index in [1.807, 2.05) is 0 Å². The van der Waals surface area contributed by atoms with Gasteiger partial charge >= 0.3 is 11.9 Å². The monoisotopic (exact) mass is 578 g/mol. The molecule has 0 aliphatic carbocycles. The van der Waals surface area contributed by atoms with Crippen LogP contribution in [0.15, 0.2) is 24.3 Å². The second kappa shape index (κ2) is 14.0. The SMILES string of the molecule is [2H]N(C(=O)c1sc(NC(=O)C(CC)c2ccc(F)cc2)c(C(=O)OC)c1C)[C@@H](C(=O)N[C@H](C(=O)O)C(C)C)C(C)C. The normalized spacial score (nSPS) is 13.7. The van der Waals surface area contributed by atoms with E-state index >= 15 is 0 Å². The van der Waals surface area contributed by atoms with E-state index in [0.717, 1.165) is 18.4 Å². The Morgan fingerprint density at radius 1 is 1.02 bits per heavy atom. The zero-order valence-electron chi connectivity index (χ0n) is 24.5. The molecule has 0 radical (unpaired) electrons. The van der Waals surface area contributed by atoms with Gasteiger partial charge in [0, 0.05) is 0 Å². The molecule has 0 bridgehead atoms. The summed E-state index contributed by atoms with van der Waals surface area (Å²) in [7, 11) is 1.14. The Balaban J connectivity index is 2.45. The van der Waals surface area contributed by atoms with Gasteiger partial charge in [-0.25, -0.2) is 14.0 Å². The molecule has 12 heteroatoms. The van der Waals surface area contributed by atoms with Crippen molar-refractivity contribution < 1.29 is 39.6 Å². The molecule has 1 aromatic carbocycles. The first-order valence-electron chi connectivity index (χ1n) is 13.2. The molecule has 218 valence electrons. The molecule has 0 saturated heterocycles. The summed E-state index contributed by atoms with van der Waals surface area (Å²) in [5, 5.41) is 15.0. The standard InChI is InChI=1S/C28H36FN3O7S/c1-8-18(16-9-11-17(29)12-10-16)23(33)32-26-19(28(38)39-7)15(6)22(40-26)25(35)30-20(13(2)3)24(34)31-21(14(4)5)27(36)37/h9-14,18,20-21H,8H2,1-7H3,(H,30,35)(H,31,34)(H,32,33)(H,36,37)/t18?,20-,21+/m1/s1/i/hD. The van der Waals surface area contributed by atoms with E-state index < -0.39 is 65.3 Å². The van der Waals surface area contributed by atoms with Gasteiger partial charge in [0.2, 0.25) is 11.8 Å². The number of carbonyl (C=O) groups excluding carboxylic acids is 4. The first kappa shape index (κ1) is 30.7. The molecule has 0 saturated carbocycles. The number of hydrogen-bond acceptors (Lipinski definition) is 7. The lowest BCUT2D eigenvalue weighted by Crippen LogP contribution is -2.54. The number of ether oxygens (including phenoxy) is 1. The van der Waals surface area contributed by atoms with E-state index in [0.29, 0.717) is 17.3 Å². The first-order valence-corrected chi connectivity index (χ1v) is 13.6. The van der Waals surface area contributed by atoms with E-state index in [1.165, 1.54) is 31.2 Å². The maximum Gasteiger partial charge on any atom is 0.341 e. The number of hydrogen-bond donors (Lipinski definition) is 4. The largest absolute Gasteiger partial charge is 0.480 e. The number of aliphatic carboxylic acids is 1. The molecule has 40 heavy (non-hydrogen) atoms. The summed E-state index contributed by atoms with van der Waals surface area (Å²) >= 11 is 0.755. The fourth-order valence-electron chi connectivity index (χ4n) is 4.07. The lowest BCUT2D eigenvalue weighted by atomic mass is 9.95. The second-order valence-corrected chi connectivity index (χ2v) is 11.0. The van der Waals surface area contributed by atoms with Crippen molar-refractivity contribution >= 4 is 46.0 Å². The quantitative estimate of drug-likeness (QED) is 0.277. The second-order valence-electron chi connectivity index (χ2n) is 9.95. The van der Waals surface area contributed by atoms with E-state index in [9.17, 15) is 33.5 Å². The predicted octanol–water partition coefficient (Wildman–Crippen LogP) is 4.09. The number of carboxylic acid groups (broad SMARTS) is 1. The van der Waals surface area contributed by atoms with Gasteiger partial charge in [-0.15, -0.1) is 11.3 Å². The van der Waals surface area contributed by atoms with Gasteiger partial charge in [-0.05, 0) is 48.4 Å². The number of esters is 1. The van der Waals surface area contributed by atoms with Crippen LogP contribution in [-0.2, 0) is 19.1 Å². The highest BCUT2D eigenvalue weighted by molar-refractivity contribution is 7.18. The third-order valence-electron chi connectivity index (χ3n) is 6.35. The Labute approximate surface area is 238 Å². The summed E-state index contributed by atoms with van der Waals surface area (Å²) in [6.45, 7) is 9.68. The molecule has 0 fully saturated rings. The fourth-order valence-corrected chi connectivity index (χ4v) is 5.16. The molecule has 1 unspecified atom stereocenters. The van der Waals surface area contributed by atoms with Crippen molar-refractivity contribution in [2.45, 2.75) is 66.0 Å². The van der Waals surface area contributed by atoms with Crippen molar-refractivity contribution in [2.24, 2.45) is 11.8 Å². The summed E-state index contributed by atoms with van der Waals surface area (Å²) in [6, 6.07) is 2.87. The van der Waals surface area contributed by atoms with Gasteiger partial charge in [0.15, 0.2) is 1.41 Å². The molecule has 10 nitrogen and oxygen atoms in total. The maximum absolute atomic E-state index is 13.5. The van der Waals surface area contributed by atoms with Crippen molar-refractivity contribution in [1.29, 1.82) is 0 Å². The van der Waals surface area contributed by atoms with Gasteiger partial charge in [-0.1, -0.05) is 46.8 Å². The van der Waals surface area contributed by atoms with Gasteiger partial charge in [0.1, 0.15) is 22.9 Å². The van der Waals surface area contributed by atoms with E-state index in [-0.39, 0.29) is 21.0 Å². The number of rotatable bonds is 12. The highest BCUT2D eigenvalue weighted by atomic mass is 32.1. The molecule has 2 aromatic rings. The molecule has 4 N–H and O–H groups in total. The predicted molar refractivity (Wildman–Crippen MR) is 149 cm³/mol. The Hall–Kier alpha value is -3.80. The van der Waals surface area contributed by atoms with Crippen molar-refractivity contribution in [2.75, 3.05) is 12.4 Å². The van der Waals surface area contributed by atoms with Crippen LogP contribution in [0.3, 0.4) is 0 Å². The third-order valence-corrected chi connectivity index (χ3v) is 7.55. The number of halogens is 1. The van der Waals surface area contributed by atoms with E-state index in [2.05, 4.69) is 10.6 Å². The summed E-state index contributed by atoms with van der Waals surface area (Å²) in [5.41, 5.74) is 0.621. The average Bonchev–Trinajstić information content (AvgIpc) is 3.22. The average molecular weight is 579 g/mol. The van der Waals surface area contributed by atoms with Gasteiger partial charge in [0.05, 0.1) is 23.5 Å². The van der Waals surface area contributed by atoms with Crippen molar-refractivity contribution in [3.8, 4) is 0 Å². The lowest BCUT2D eigenvalue weighted by molar-refractivity contribution is -0.143. The minimum absolute atomic E-state index is 0.0213. The Morgan fingerprint density at radius 2 is 1.60 bits per heavy atom. The first-order chi connectivity index (χ1) is 19.2. The molecule has 3 amide bonds. The highest BCUT2D eigenvalue weighted by Gasteiger charge is 2.33. The summed E-state index contributed by atoms with van der Waals surface area (Å²) in [4.78, 5) is 64.0. The van der Waals surface area contributed by atoms with Crippen LogP contribution in [0.4, 0.5) is 9.39 Å². The number of thiophene rings is 1. The number of amides is 3. The summed E-state index contributed by atoms with van der Waals surface area (Å²) < 4.78 is 26.8. The minimum Gasteiger partial charge on any atom is -0.480 e. The number of nitrogens with one attached hydrogen (secondary N) is 3. The van der Waals surface area contributed by atoms with Crippen LogP contribution in [0.25, 0.3) is 0 Å². The van der Waals surface area contributed by atoms with Crippen molar-refractivity contribution in [1.82, 2.24) is 10.6 Å². The van der Waals surface area contributed by atoms with E-state index in [4.69, 9.17) is 6.15 Å². The Morgan fingerprint density at radius 3 is 2.08 bits per heavy atom. The molecule has 1 aromatic heterocycles. The smallest absolute Gasteiger partial charge is 0.341 e. The lowest BCUT2D eigenvalue weighted by Gasteiger charge is -2.25. The summed E-state index contributed by atoms with van der Waals surface area (Å²) in [5.74, 6) is -6.47. The van der Waals surface area contributed by atoms with Gasteiger partial charge in [-0.3, -0.25) is 14.4 Å². The molecule has 3 atom stereocenters. The topological polar surface area (TPSA) is 151 Å². The number of anilines is 1. The number of carbonyl (C=O) groups is 5. The van der Waals surface area contributed by atoms with Crippen LogP contribution >= 0.6 is 11.3 Å². The molecule has 0 spiro atoms. The molecule has 0 aliphatic heterocycles. The number of benzene rings is 1. The molecular weight excluding hydrogens is 541 g/mol. The fraction of sp³-hybridized carbons (Fsp3) is 0.464. The Bertz CT molecular complexity index is 1300. The Kier molecular flexibility index (Phi) is 10.8. The van der Waals surface area contributed by atoms with Gasteiger partial charge in [0.25, 0.3) is 5.91 Å². The van der Waals surface area contributed by atoms with E-state index in [1.54, 1.807) is 34.6 Å². The molecule has 1 heterocycles. The van der Waals surface area contributed by atoms with Crippen LogP contribution < -0.4 is 15.9 Å². The third kappa shape index (κ3) is 7.65. The van der Waals surface area contributed by atoms with Gasteiger partial charge in [-0.2, -0.15) is 0 Å². The van der Waals surface area contributed by atoms with Crippen molar-refractivity contribution in [3.05, 3.63) is 51.7 Å². The molecule has 2 rings (SSSR count). The minimum atomic E-state index is -1.35.